The number of nitrogens with one attached hydrogen (secondary N) is 1. The minimum atomic E-state index is 0.0644. The van der Waals surface area contributed by atoms with E-state index in [2.05, 4.69) is 35.6 Å². The van der Waals surface area contributed by atoms with Crippen molar-refractivity contribution in [1.29, 1.82) is 0 Å². The SMILES string of the molecule is O=C(Nc1ccccc1Cc1ccccc1)N1CC[C@H]2CCCC[C@H]2C1. The zero-order valence-corrected chi connectivity index (χ0v) is 15.4. The van der Waals surface area contributed by atoms with Crippen molar-refractivity contribution in [3.05, 3.63) is 65.7 Å². The Kier molecular flexibility index (Phi) is 5.24. The quantitative estimate of drug-likeness (QED) is 0.800. The van der Waals surface area contributed by atoms with Crippen molar-refractivity contribution in [3.8, 4) is 0 Å². The van der Waals surface area contributed by atoms with Crippen LogP contribution in [0.25, 0.3) is 0 Å². The Morgan fingerprint density at radius 2 is 1.65 bits per heavy atom. The van der Waals surface area contributed by atoms with Crippen LogP contribution in [0.4, 0.5) is 10.5 Å². The molecule has 2 aromatic rings. The van der Waals surface area contributed by atoms with E-state index in [1.807, 2.05) is 29.2 Å². The molecule has 1 N–H and O–H groups in total. The van der Waals surface area contributed by atoms with Gasteiger partial charge in [0.15, 0.2) is 0 Å². The molecule has 0 radical (unpaired) electrons. The Morgan fingerprint density at radius 3 is 2.50 bits per heavy atom. The zero-order chi connectivity index (χ0) is 17.8. The highest BCUT2D eigenvalue weighted by molar-refractivity contribution is 5.90. The smallest absolute Gasteiger partial charge is 0.321 e. The molecule has 3 nitrogen and oxygen atoms in total. The molecule has 2 fully saturated rings. The number of para-hydroxylation sites is 1. The van der Waals surface area contributed by atoms with E-state index in [0.717, 1.165) is 31.1 Å². The van der Waals surface area contributed by atoms with Crippen LogP contribution < -0.4 is 5.32 Å². The summed E-state index contributed by atoms with van der Waals surface area (Å²) in [4.78, 5) is 14.9. The number of hydrogen-bond donors (Lipinski definition) is 1. The van der Waals surface area contributed by atoms with Crippen LogP contribution in [0.5, 0.6) is 0 Å². The zero-order valence-electron chi connectivity index (χ0n) is 15.4. The number of carbonyl (C=O) groups is 1. The summed E-state index contributed by atoms with van der Waals surface area (Å²) in [6, 6.07) is 18.6. The van der Waals surface area contributed by atoms with Gasteiger partial charge in [-0.05, 0) is 48.3 Å². The number of benzene rings is 2. The fourth-order valence-corrected chi connectivity index (χ4v) is 4.59. The number of rotatable bonds is 3. The van der Waals surface area contributed by atoms with E-state index in [4.69, 9.17) is 0 Å². The summed E-state index contributed by atoms with van der Waals surface area (Å²) in [6.07, 6.45) is 7.36. The maximum Gasteiger partial charge on any atom is 0.321 e. The number of anilines is 1. The van der Waals surface area contributed by atoms with E-state index in [-0.39, 0.29) is 6.03 Å². The second kappa shape index (κ2) is 7.94. The predicted octanol–water partition coefficient (Wildman–Crippen LogP) is 5.32. The molecule has 0 aromatic heterocycles. The Balaban J connectivity index is 1.43. The molecule has 2 aromatic carbocycles. The van der Waals surface area contributed by atoms with E-state index < -0.39 is 0 Å². The summed E-state index contributed by atoms with van der Waals surface area (Å²) >= 11 is 0. The summed E-state index contributed by atoms with van der Waals surface area (Å²) in [6.45, 7) is 1.82. The van der Waals surface area contributed by atoms with E-state index >= 15 is 0 Å². The molecular weight excluding hydrogens is 320 g/mol. The van der Waals surface area contributed by atoms with E-state index in [9.17, 15) is 4.79 Å². The molecule has 3 heteroatoms. The standard InChI is InChI=1S/C23H28N2O/c26-23(25-15-14-19-10-4-5-12-21(19)17-25)24-22-13-7-6-11-20(22)16-18-8-2-1-3-9-18/h1-3,6-9,11,13,19,21H,4-5,10,12,14-17H2,(H,24,26)/t19-,21+/m1/s1. The Morgan fingerprint density at radius 1 is 0.923 bits per heavy atom. The van der Waals surface area contributed by atoms with Crippen molar-refractivity contribution in [2.45, 2.75) is 38.5 Å². The lowest BCUT2D eigenvalue weighted by Gasteiger charge is -2.41. The van der Waals surface area contributed by atoms with Crippen LogP contribution >= 0.6 is 0 Å². The first-order valence-corrected chi connectivity index (χ1v) is 9.97. The number of amides is 2. The van der Waals surface area contributed by atoms with Gasteiger partial charge in [0, 0.05) is 18.8 Å². The molecule has 1 aliphatic heterocycles. The van der Waals surface area contributed by atoms with Crippen LogP contribution in [-0.2, 0) is 6.42 Å². The van der Waals surface area contributed by atoms with Gasteiger partial charge in [-0.3, -0.25) is 0 Å². The molecular formula is C23H28N2O. The molecule has 4 rings (SSSR count). The maximum absolute atomic E-state index is 12.9. The maximum atomic E-state index is 12.9. The molecule has 1 saturated heterocycles. The van der Waals surface area contributed by atoms with Gasteiger partial charge in [-0.2, -0.15) is 0 Å². The lowest BCUT2D eigenvalue weighted by molar-refractivity contribution is 0.108. The van der Waals surface area contributed by atoms with Crippen molar-refractivity contribution in [2.75, 3.05) is 18.4 Å². The van der Waals surface area contributed by atoms with Gasteiger partial charge < -0.3 is 10.2 Å². The average molecular weight is 348 g/mol. The number of likely N-dealkylation sites (tertiary alicyclic amines) is 1. The third kappa shape index (κ3) is 3.92. The highest BCUT2D eigenvalue weighted by atomic mass is 16.2. The molecule has 2 aliphatic rings. The average Bonchev–Trinajstić information content (AvgIpc) is 2.70. The summed E-state index contributed by atoms with van der Waals surface area (Å²) in [5.41, 5.74) is 3.36. The topological polar surface area (TPSA) is 32.3 Å². The van der Waals surface area contributed by atoms with Crippen molar-refractivity contribution < 1.29 is 4.79 Å². The van der Waals surface area contributed by atoms with E-state index in [0.29, 0.717) is 5.92 Å². The minimum absolute atomic E-state index is 0.0644. The molecule has 1 saturated carbocycles. The summed E-state index contributed by atoms with van der Waals surface area (Å²) < 4.78 is 0. The molecule has 136 valence electrons. The molecule has 2 amide bonds. The van der Waals surface area contributed by atoms with Crippen LogP contribution in [0.1, 0.15) is 43.2 Å². The van der Waals surface area contributed by atoms with Gasteiger partial charge in [0.25, 0.3) is 0 Å². The Hall–Kier alpha value is -2.29. The fourth-order valence-electron chi connectivity index (χ4n) is 4.59. The molecule has 0 bridgehead atoms. The number of fused-ring (bicyclic) bond motifs is 1. The number of carbonyl (C=O) groups excluding carboxylic acids is 1. The van der Waals surface area contributed by atoms with Crippen LogP contribution in [0.15, 0.2) is 54.6 Å². The third-order valence-corrected chi connectivity index (χ3v) is 6.07. The van der Waals surface area contributed by atoms with Gasteiger partial charge >= 0.3 is 6.03 Å². The largest absolute Gasteiger partial charge is 0.324 e. The van der Waals surface area contributed by atoms with Crippen molar-refractivity contribution >= 4 is 11.7 Å². The number of urea groups is 1. The number of piperidine rings is 1. The van der Waals surface area contributed by atoms with Crippen LogP contribution in [-0.4, -0.2) is 24.0 Å². The second-order valence-electron chi connectivity index (χ2n) is 7.79. The van der Waals surface area contributed by atoms with E-state index in [1.165, 1.54) is 43.2 Å². The first-order chi connectivity index (χ1) is 12.8. The molecule has 2 atom stereocenters. The van der Waals surface area contributed by atoms with Gasteiger partial charge in [0.2, 0.25) is 0 Å². The van der Waals surface area contributed by atoms with Crippen LogP contribution in [0.2, 0.25) is 0 Å². The molecule has 0 spiro atoms. The highest BCUT2D eigenvalue weighted by Crippen LogP contribution is 2.36. The molecule has 0 unspecified atom stereocenters. The Labute approximate surface area is 156 Å². The predicted molar refractivity (Wildman–Crippen MR) is 106 cm³/mol. The molecule has 1 heterocycles. The second-order valence-corrected chi connectivity index (χ2v) is 7.79. The normalized spacial score (nSPS) is 22.5. The van der Waals surface area contributed by atoms with Gasteiger partial charge in [0.05, 0.1) is 0 Å². The van der Waals surface area contributed by atoms with E-state index in [1.54, 1.807) is 0 Å². The third-order valence-electron chi connectivity index (χ3n) is 6.07. The van der Waals surface area contributed by atoms with Crippen molar-refractivity contribution in [2.24, 2.45) is 11.8 Å². The van der Waals surface area contributed by atoms with Crippen LogP contribution in [0, 0.1) is 11.8 Å². The van der Waals surface area contributed by atoms with Crippen molar-refractivity contribution in [1.82, 2.24) is 4.90 Å². The first kappa shape index (κ1) is 17.1. The minimum Gasteiger partial charge on any atom is -0.324 e. The number of nitrogens with zero attached hydrogens (tertiary/aromatic N) is 1. The lowest BCUT2D eigenvalue weighted by atomic mass is 9.75. The lowest BCUT2D eigenvalue weighted by Crippen LogP contribution is -2.46. The molecule has 1 aliphatic carbocycles. The summed E-state index contributed by atoms with van der Waals surface area (Å²) in [5, 5.41) is 3.18. The number of hydrogen-bond acceptors (Lipinski definition) is 1. The van der Waals surface area contributed by atoms with Crippen molar-refractivity contribution in [3.63, 3.8) is 0 Å². The summed E-state index contributed by atoms with van der Waals surface area (Å²) in [5.74, 6) is 1.56. The van der Waals surface area contributed by atoms with Gasteiger partial charge in [-0.15, -0.1) is 0 Å². The van der Waals surface area contributed by atoms with Gasteiger partial charge in [-0.25, -0.2) is 4.79 Å². The van der Waals surface area contributed by atoms with Gasteiger partial charge in [0.1, 0.15) is 0 Å². The van der Waals surface area contributed by atoms with Gasteiger partial charge in [-0.1, -0.05) is 67.8 Å². The Bertz CT molecular complexity index is 743. The highest BCUT2D eigenvalue weighted by Gasteiger charge is 2.33. The molecule has 26 heavy (non-hydrogen) atoms. The summed E-state index contributed by atoms with van der Waals surface area (Å²) in [7, 11) is 0. The van der Waals surface area contributed by atoms with Crippen LogP contribution in [0.3, 0.4) is 0 Å². The first-order valence-electron chi connectivity index (χ1n) is 9.97. The monoisotopic (exact) mass is 348 g/mol. The fraction of sp³-hybridized carbons (Fsp3) is 0.435.